The van der Waals surface area contributed by atoms with Crippen molar-refractivity contribution in [1.82, 2.24) is 0 Å². The summed E-state index contributed by atoms with van der Waals surface area (Å²) in [5.74, 6) is 1.16. The molecular formula is C15H22ClNO3. The van der Waals surface area contributed by atoms with Crippen LogP contribution in [0.3, 0.4) is 0 Å². The number of nitrogens with two attached hydrogens (primary N) is 1. The van der Waals surface area contributed by atoms with E-state index in [1.165, 1.54) is 0 Å². The van der Waals surface area contributed by atoms with Crippen molar-refractivity contribution in [3.63, 3.8) is 0 Å². The van der Waals surface area contributed by atoms with Gasteiger partial charge in [-0.15, -0.1) is 0 Å². The fraction of sp³-hybridized carbons (Fsp3) is 0.600. The van der Waals surface area contributed by atoms with Crippen LogP contribution >= 0.6 is 11.6 Å². The molecule has 1 aromatic carbocycles. The van der Waals surface area contributed by atoms with Crippen molar-refractivity contribution in [3.05, 3.63) is 22.7 Å². The van der Waals surface area contributed by atoms with Gasteiger partial charge in [0, 0.05) is 6.54 Å². The Balaban J connectivity index is 2.06. The van der Waals surface area contributed by atoms with E-state index in [0.29, 0.717) is 29.7 Å². The quantitative estimate of drug-likeness (QED) is 0.907. The van der Waals surface area contributed by atoms with Gasteiger partial charge in [0.05, 0.1) is 23.8 Å². The Morgan fingerprint density at radius 2 is 2.20 bits per heavy atom. The molecule has 112 valence electrons. The standard InChI is InChI=1S/C15H22ClNO3/c1-15(2)5-4-11(20-15)9-19-14-12(16)6-10(8-17)7-13(14)18-3/h6-7,11H,4-5,8-9,17H2,1-3H3. The molecule has 0 aromatic heterocycles. The average Bonchev–Trinajstić information content (AvgIpc) is 2.76. The minimum Gasteiger partial charge on any atom is -0.493 e. The van der Waals surface area contributed by atoms with Crippen molar-refractivity contribution in [2.24, 2.45) is 5.73 Å². The van der Waals surface area contributed by atoms with E-state index in [9.17, 15) is 0 Å². The monoisotopic (exact) mass is 299 g/mol. The molecule has 0 aliphatic carbocycles. The molecule has 1 aromatic rings. The molecule has 1 unspecified atom stereocenters. The second-order valence-corrected chi connectivity index (χ2v) is 6.07. The Hall–Kier alpha value is -0.970. The van der Waals surface area contributed by atoms with E-state index in [0.717, 1.165) is 18.4 Å². The van der Waals surface area contributed by atoms with Crippen LogP contribution in [0, 0.1) is 0 Å². The topological polar surface area (TPSA) is 53.7 Å². The molecule has 1 atom stereocenters. The van der Waals surface area contributed by atoms with E-state index in [2.05, 4.69) is 13.8 Å². The van der Waals surface area contributed by atoms with Gasteiger partial charge in [-0.2, -0.15) is 0 Å². The maximum atomic E-state index is 6.23. The third kappa shape index (κ3) is 3.57. The summed E-state index contributed by atoms with van der Waals surface area (Å²) in [6.07, 6.45) is 2.13. The first kappa shape index (κ1) is 15.4. The maximum Gasteiger partial charge on any atom is 0.179 e. The summed E-state index contributed by atoms with van der Waals surface area (Å²) in [6.45, 7) is 5.07. The fourth-order valence-electron chi connectivity index (χ4n) is 2.40. The zero-order chi connectivity index (χ0) is 14.8. The van der Waals surface area contributed by atoms with Gasteiger partial charge in [-0.3, -0.25) is 0 Å². The average molecular weight is 300 g/mol. The Kier molecular flexibility index (Phi) is 4.78. The van der Waals surface area contributed by atoms with Crippen molar-refractivity contribution in [2.75, 3.05) is 13.7 Å². The van der Waals surface area contributed by atoms with Gasteiger partial charge in [-0.1, -0.05) is 11.6 Å². The first-order valence-corrected chi connectivity index (χ1v) is 7.20. The molecule has 1 saturated heterocycles. The molecule has 20 heavy (non-hydrogen) atoms. The molecule has 0 saturated carbocycles. The predicted molar refractivity (Wildman–Crippen MR) is 79.6 cm³/mol. The lowest BCUT2D eigenvalue weighted by Gasteiger charge is -2.20. The number of halogens is 1. The number of hydrogen-bond donors (Lipinski definition) is 1. The zero-order valence-electron chi connectivity index (χ0n) is 12.2. The Morgan fingerprint density at radius 1 is 1.45 bits per heavy atom. The van der Waals surface area contributed by atoms with E-state index in [4.69, 9.17) is 31.5 Å². The van der Waals surface area contributed by atoms with Crippen molar-refractivity contribution in [2.45, 2.75) is 44.9 Å². The van der Waals surface area contributed by atoms with E-state index < -0.39 is 0 Å². The molecule has 4 nitrogen and oxygen atoms in total. The van der Waals surface area contributed by atoms with Gasteiger partial charge in [0.15, 0.2) is 11.5 Å². The van der Waals surface area contributed by atoms with Crippen molar-refractivity contribution < 1.29 is 14.2 Å². The lowest BCUT2D eigenvalue weighted by atomic mass is 10.1. The second-order valence-electron chi connectivity index (χ2n) is 5.66. The molecule has 2 N–H and O–H groups in total. The number of hydrogen-bond acceptors (Lipinski definition) is 4. The van der Waals surface area contributed by atoms with E-state index in [1.54, 1.807) is 13.2 Å². The van der Waals surface area contributed by atoms with Gasteiger partial charge in [0.1, 0.15) is 6.61 Å². The summed E-state index contributed by atoms with van der Waals surface area (Å²) in [7, 11) is 1.59. The van der Waals surface area contributed by atoms with Gasteiger partial charge in [0.2, 0.25) is 0 Å². The van der Waals surface area contributed by atoms with Crippen LogP contribution in [0.1, 0.15) is 32.3 Å². The first-order chi connectivity index (χ1) is 9.45. The van der Waals surface area contributed by atoms with E-state index in [1.807, 2.05) is 6.07 Å². The van der Waals surface area contributed by atoms with Gasteiger partial charge in [-0.25, -0.2) is 0 Å². The molecule has 1 fully saturated rings. The van der Waals surface area contributed by atoms with Crippen molar-refractivity contribution >= 4 is 11.6 Å². The number of methoxy groups -OCH3 is 1. The molecule has 1 aliphatic rings. The summed E-state index contributed by atoms with van der Waals surface area (Å²) in [4.78, 5) is 0. The maximum absolute atomic E-state index is 6.23. The minimum atomic E-state index is -0.0642. The summed E-state index contributed by atoms with van der Waals surface area (Å²) >= 11 is 6.23. The molecule has 1 aliphatic heterocycles. The summed E-state index contributed by atoms with van der Waals surface area (Å²) in [5, 5.41) is 0.516. The highest BCUT2D eigenvalue weighted by atomic mass is 35.5. The first-order valence-electron chi connectivity index (χ1n) is 6.82. The molecule has 1 heterocycles. The predicted octanol–water partition coefficient (Wildman–Crippen LogP) is 3.14. The Bertz CT molecular complexity index is 476. The molecule has 2 rings (SSSR count). The van der Waals surface area contributed by atoms with Crippen LogP contribution in [0.15, 0.2) is 12.1 Å². The van der Waals surface area contributed by atoms with Crippen LogP contribution in [-0.4, -0.2) is 25.4 Å². The highest BCUT2D eigenvalue weighted by molar-refractivity contribution is 6.32. The summed E-state index contributed by atoms with van der Waals surface area (Å²) in [5.41, 5.74) is 6.47. The number of ether oxygens (including phenoxy) is 3. The Morgan fingerprint density at radius 3 is 2.75 bits per heavy atom. The van der Waals surface area contributed by atoms with Crippen LogP contribution < -0.4 is 15.2 Å². The second kappa shape index (κ2) is 6.20. The highest BCUT2D eigenvalue weighted by Gasteiger charge is 2.32. The number of rotatable bonds is 5. The van der Waals surface area contributed by atoms with Crippen LogP contribution in [0.4, 0.5) is 0 Å². The third-order valence-corrected chi connectivity index (χ3v) is 3.77. The summed E-state index contributed by atoms with van der Waals surface area (Å²) < 4.78 is 17.0. The molecule has 0 bridgehead atoms. The molecule has 0 amide bonds. The smallest absolute Gasteiger partial charge is 0.179 e. The fourth-order valence-corrected chi connectivity index (χ4v) is 2.69. The van der Waals surface area contributed by atoms with Gasteiger partial charge >= 0.3 is 0 Å². The molecular weight excluding hydrogens is 278 g/mol. The van der Waals surface area contributed by atoms with Crippen molar-refractivity contribution in [3.8, 4) is 11.5 Å². The highest BCUT2D eigenvalue weighted by Crippen LogP contribution is 2.37. The van der Waals surface area contributed by atoms with E-state index in [-0.39, 0.29) is 11.7 Å². The van der Waals surface area contributed by atoms with E-state index >= 15 is 0 Å². The molecule has 0 radical (unpaired) electrons. The van der Waals surface area contributed by atoms with Gasteiger partial charge in [-0.05, 0) is 44.4 Å². The molecule has 0 spiro atoms. The number of benzene rings is 1. The lowest BCUT2D eigenvalue weighted by Crippen LogP contribution is -2.24. The van der Waals surface area contributed by atoms with Gasteiger partial charge < -0.3 is 19.9 Å². The summed E-state index contributed by atoms with van der Waals surface area (Å²) in [6, 6.07) is 3.65. The van der Waals surface area contributed by atoms with Crippen molar-refractivity contribution in [1.29, 1.82) is 0 Å². The van der Waals surface area contributed by atoms with Crippen LogP contribution in [0.5, 0.6) is 11.5 Å². The third-order valence-electron chi connectivity index (χ3n) is 3.49. The largest absolute Gasteiger partial charge is 0.493 e. The SMILES string of the molecule is COc1cc(CN)cc(Cl)c1OCC1CCC(C)(C)O1. The van der Waals surface area contributed by atoms with Crippen LogP contribution in [0.2, 0.25) is 5.02 Å². The van der Waals surface area contributed by atoms with Crippen LogP contribution in [0.25, 0.3) is 0 Å². The zero-order valence-corrected chi connectivity index (χ0v) is 13.0. The lowest BCUT2D eigenvalue weighted by molar-refractivity contribution is -0.0328. The van der Waals surface area contributed by atoms with Gasteiger partial charge in [0.25, 0.3) is 0 Å². The normalized spacial score (nSPS) is 20.9. The molecule has 5 heteroatoms. The minimum absolute atomic E-state index is 0.0642. The Labute approximate surface area is 125 Å². The van der Waals surface area contributed by atoms with Crippen LogP contribution in [-0.2, 0) is 11.3 Å².